The van der Waals surface area contributed by atoms with E-state index < -0.39 is 6.04 Å². The number of hydrogen-bond acceptors (Lipinski definition) is 3. The highest BCUT2D eigenvalue weighted by atomic mass is 16.5. The van der Waals surface area contributed by atoms with Gasteiger partial charge in [0.05, 0.1) is 18.3 Å². The van der Waals surface area contributed by atoms with Crippen LogP contribution in [-0.4, -0.2) is 18.6 Å². The smallest absolute Gasteiger partial charge is 0.241 e. The van der Waals surface area contributed by atoms with Gasteiger partial charge in [0.25, 0.3) is 0 Å². The van der Waals surface area contributed by atoms with Crippen molar-refractivity contribution < 1.29 is 9.53 Å². The third-order valence-corrected chi connectivity index (χ3v) is 3.17. The Kier molecular flexibility index (Phi) is 6.36. The van der Waals surface area contributed by atoms with Crippen molar-refractivity contribution in [3.8, 4) is 5.75 Å². The number of carbonyl (C=O) groups excluding carboxylic acids is 1. The largest absolute Gasteiger partial charge is 0.491 e. The lowest BCUT2D eigenvalue weighted by Crippen LogP contribution is -2.40. The summed E-state index contributed by atoms with van der Waals surface area (Å²) in [5, 5.41) is 2.85. The standard InChI is InChI=1S/C15H24N2O2/c1-4-10-19-13-9-7-6-8-12(13)17-15(18)14(16)11(3)5-2/h6-9,11,14H,4-5,10,16H2,1-3H3,(H,17,18)/t11?,14-/m0/s1. The fourth-order valence-corrected chi connectivity index (χ4v) is 1.64. The van der Waals surface area contributed by atoms with Crippen LogP contribution in [0, 0.1) is 5.92 Å². The van der Waals surface area contributed by atoms with E-state index in [1.165, 1.54) is 0 Å². The summed E-state index contributed by atoms with van der Waals surface area (Å²) in [6.07, 6.45) is 1.80. The summed E-state index contributed by atoms with van der Waals surface area (Å²) in [5.74, 6) is 0.680. The van der Waals surface area contributed by atoms with Gasteiger partial charge in [-0.3, -0.25) is 4.79 Å². The summed E-state index contributed by atoms with van der Waals surface area (Å²) in [6, 6.07) is 6.93. The molecule has 0 spiro atoms. The van der Waals surface area contributed by atoms with Crippen LogP contribution in [0.4, 0.5) is 5.69 Å². The number of benzene rings is 1. The van der Waals surface area contributed by atoms with Gasteiger partial charge in [0.2, 0.25) is 5.91 Å². The maximum absolute atomic E-state index is 12.0. The second kappa shape index (κ2) is 7.79. The SMILES string of the molecule is CCCOc1ccccc1NC(=O)[C@@H](N)C(C)CC. The Morgan fingerprint density at radius 2 is 2.05 bits per heavy atom. The summed E-state index contributed by atoms with van der Waals surface area (Å²) >= 11 is 0. The molecule has 0 aromatic heterocycles. The van der Waals surface area contributed by atoms with Gasteiger partial charge in [0.1, 0.15) is 5.75 Å². The van der Waals surface area contributed by atoms with Crippen molar-refractivity contribution in [1.29, 1.82) is 0 Å². The number of ether oxygens (including phenoxy) is 1. The molecule has 2 atom stereocenters. The lowest BCUT2D eigenvalue weighted by Gasteiger charge is -2.19. The molecule has 4 heteroatoms. The average molecular weight is 264 g/mol. The zero-order chi connectivity index (χ0) is 14.3. The maximum atomic E-state index is 12.0. The summed E-state index contributed by atoms with van der Waals surface area (Å²) < 4.78 is 5.60. The van der Waals surface area contributed by atoms with Crippen LogP contribution in [0.15, 0.2) is 24.3 Å². The van der Waals surface area contributed by atoms with E-state index in [2.05, 4.69) is 5.32 Å². The Morgan fingerprint density at radius 3 is 2.68 bits per heavy atom. The molecule has 0 aliphatic rings. The molecule has 1 amide bonds. The van der Waals surface area contributed by atoms with Gasteiger partial charge in [-0.05, 0) is 24.5 Å². The molecule has 0 saturated heterocycles. The minimum absolute atomic E-state index is 0.156. The van der Waals surface area contributed by atoms with Crippen LogP contribution in [0.5, 0.6) is 5.75 Å². The van der Waals surface area contributed by atoms with Gasteiger partial charge < -0.3 is 15.8 Å². The summed E-state index contributed by atoms with van der Waals surface area (Å²) in [5.41, 5.74) is 6.60. The van der Waals surface area contributed by atoms with Crippen LogP contribution in [-0.2, 0) is 4.79 Å². The third kappa shape index (κ3) is 4.56. The molecule has 106 valence electrons. The molecule has 0 fully saturated rings. The number of para-hydroxylation sites is 2. The Morgan fingerprint density at radius 1 is 1.37 bits per heavy atom. The van der Waals surface area contributed by atoms with Gasteiger partial charge in [0, 0.05) is 0 Å². The van der Waals surface area contributed by atoms with Crippen LogP contribution in [0.1, 0.15) is 33.6 Å². The Bertz CT molecular complexity index is 407. The molecule has 0 bridgehead atoms. The highest BCUT2D eigenvalue weighted by Crippen LogP contribution is 2.24. The minimum atomic E-state index is -0.496. The average Bonchev–Trinajstić information content (AvgIpc) is 2.44. The molecule has 0 saturated carbocycles. The summed E-state index contributed by atoms with van der Waals surface area (Å²) in [6.45, 7) is 6.67. The maximum Gasteiger partial charge on any atom is 0.241 e. The normalized spacial score (nSPS) is 13.7. The Hall–Kier alpha value is -1.55. The number of anilines is 1. The lowest BCUT2D eigenvalue weighted by molar-refractivity contribution is -0.118. The number of amides is 1. The first-order chi connectivity index (χ1) is 9.10. The first-order valence-corrected chi connectivity index (χ1v) is 6.88. The highest BCUT2D eigenvalue weighted by Gasteiger charge is 2.20. The third-order valence-electron chi connectivity index (χ3n) is 3.17. The molecular weight excluding hydrogens is 240 g/mol. The second-order valence-corrected chi connectivity index (χ2v) is 4.75. The van der Waals surface area contributed by atoms with E-state index in [1.807, 2.05) is 45.0 Å². The van der Waals surface area contributed by atoms with E-state index in [9.17, 15) is 4.79 Å². The van der Waals surface area contributed by atoms with E-state index in [4.69, 9.17) is 10.5 Å². The van der Waals surface area contributed by atoms with Crippen molar-refractivity contribution >= 4 is 11.6 Å². The van der Waals surface area contributed by atoms with Gasteiger partial charge in [-0.2, -0.15) is 0 Å². The number of hydrogen-bond donors (Lipinski definition) is 2. The fraction of sp³-hybridized carbons (Fsp3) is 0.533. The zero-order valence-corrected chi connectivity index (χ0v) is 12.0. The lowest BCUT2D eigenvalue weighted by atomic mass is 9.99. The molecule has 0 aliphatic heterocycles. The van der Waals surface area contributed by atoms with Crippen LogP contribution in [0.25, 0.3) is 0 Å². The number of rotatable bonds is 7. The Labute approximate surface area is 115 Å². The van der Waals surface area contributed by atoms with Crippen LogP contribution in [0.2, 0.25) is 0 Å². The van der Waals surface area contributed by atoms with Gasteiger partial charge in [-0.1, -0.05) is 39.3 Å². The molecule has 1 aromatic carbocycles. The number of carbonyl (C=O) groups is 1. The van der Waals surface area contributed by atoms with Crippen molar-refractivity contribution in [3.63, 3.8) is 0 Å². The second-order valence-electron chi connectivity index (χ2n) is 4.75. The van der Waals surface area contributed by atoms with Crippen molar-refractivity contribution in [1.82, 2.24) is 0 Å². The van der Waals surface area contributed by atoms with E-state index in [-0.39, 0.29) is 11.8 Å². The quantitative estimate of drug-likeness (QED) is 0.796. The molecule has 0 radical (unpaired) electrons. The van der Waals surface area contributed by atoms with E-state index in [1.54, 1.807) is 0 Å². The fourth-order valence-electron chi connectivity index (χ4n) is 1.64. The predicted molar refractivity (Wildman–Crippen MR) is 78.3 cm³/mol. The number of nitrogens with two attached hydrogens (primary N) is 1. The molecule has 0 aliphatic carbocycles. The van der Waals surface area contributed by atoms with Crippen molar-refractivity contribution in [2.24, 2.45) is 11.7 Å². The van der Waals surface area contributed by atoms with Crippen LogP contribution in [0.3, 0.4) is 0 Å². The van der Waals surface area contributed by atoms with E-state index in [0.717, 1.165) is 12.8 Å². The summed E-state index contributed by atoms with van der Waals surface area (Å²) in [7, 11) is 0. The molecule has 1 unspecified atom stereocenters. The monoisotopic (exact) mass is 264 g/mol. The zero-order valence-electron chi connectivity index (χ0n) is 12.0. The predicted octanol–water partition coefficient (Wildman–Crippen LogP) is 2.79. The van der Waals surface area contributed by atoms with Crippen molar-refractivity contribution in [3.05, 3.63) is 24.3 Å². The molecule has 3 N–H and O–H groups in total. The first kappa shape index (κ1) is 15.5. The molecule has 4 nitrogen and oxygen atoms in total. The topological polar surface area (TPSA) is 64.3 Å². The molecular formula is C15H24N2O2. The number of nitrogens with one attached hydrogen (secondary N) is 1. The van der Waals surface area contributed by atoms with E-state index in [0.29, 0.717) is 18.0 Å². The summed E-state index contributed by atoms with van der Waals surface area (Å²) in [4.78, 5) is 12.0. The van der Waals surface area contributed by atoms with E-state index >= 15 is 0 Å². The van der Waals surface area contributed by atoms with Crippen LogP contribution >= 0.6 is 0 Å². The first-order valence-electron chi connectivity index (χ1n) is 6.88. The molecule has 19 heavy (non-hydrogen) atoms. The highest BCUT2D eigenvalue weighted by molar-refractivity contribution is 5.96. The minimum Gasteiger partial charge on any atom is -0.491 e. The van der Waals surface area contributed by atoms with Gasteiger partial charge in [0.15, 0.2) is 0 Å². The molecule has 0 heterocycles. The Balaban J connectivity index is 2.73. The van der Waals surface area contributed by atoms with Gasteiger partial charge >= 0.3 is 0 Å². The molecule has 1 aromatic rings. The van der Waals surface area contributed by atoms with Gasteiger partial charge in [-0.15, -0.1) is 0 Å². The van der Waals surface area contributed by atoms with Crippen molar-refractivity contribution in [2.75, 3.05) is 11.9 Å². The van der Waals surface area contributed by atoms with Crippen LogP contribution < -0.4 is 15.8 Å². The van der Waals surface area contributed by atoms with Gasteiger partial charge in [-0.25, -0.2) is 0 Å². The van der Waals surface area contributed by atoms with Crippen molar-refractivity contribution in [2.45, 2.75) is 39.7 Å². The molecule has 1 rings (SSSR count).